The number of aliphatic carboxylic acids is 1. The third-order valence-electron chi connectivity index (χ3n) is 3.96. The molecule has 2 aliphatic rings. The second-order valence-electron chi connectivity index (χ2n) is 5.01. The van der Waals surface area contributed by atoms with Gasteiger partial charge in [-0.05, 0) is 38.5 Å². The molecule has 5 nitrogen and oxygen atoms in total. The van der Waals surface area contributed by atoms with Crippen molar-refractivity contribution in [1.29, 1.82) is 0 Å². The summed E-state index contributed by atoms with van der Waals surface area (Å²) >= 11 is 0. The molecule has 1 heterocycles. The lowest BCUT2D eigenvalue weighted by atomic mass is 9.74. The number of hydrogen-bond acceptors (Lipinski definition) is 3. The van der Waals surface area contributed by atoms with Gasteiger partial charge in [0.1, 0.15) is 6.10 Å². The molecule has 0 radical (unpaired) electrons. The number of hydrogen-bond donors (Lipinski definition) is 2. The van der Waals surface area contributed by atoms with Crippen LogP contribution >= 0.6 is 0 Å². The van der Waals surface area contributed by atoms with Gasteiger partial charge in [-0.2, -0.15) is 0 Å². The van der Waals surface area contributed by atoms with Crippen molar-refractivity contribution in [3.8, 4) is 0 Å². The molecule has 2 rings (SSSR count). The number of carbonyl (C=O) groups is 2. The molecule has 1 amide bonds. The molecule has 1 saturated carbocycles. The average Bonchev–Trinajstić information content (AvgIpc) is 2.72. The van der Waals surface area contributed by atoms with Gasteiger partial charge in [0.25, 0.3) is 0 Å². The number of carbonyl (C=O) groups excluding carboxylic acids is 1. The Labute approximate surface area is 101 Å². The van der Waals surface area contributed by atoms with Gasteiger partial charge in [0, 0.05) is 5.54 Å². The first-order chi connectivity index (χ1) is 8.06. The highest BCUT2D eigenvalue weighted by Crippen LogP contribution is 2.35. The number of amides is 1. The quantitative estimate of drug-likeness (QED) is 0.772. The lowest BCUT2D eigenvalue weighted by molar-refractivity contribution is -0.152. The molecule has 1 aliphatic heterocycles. The summed E-state index contributed by atoms with van der Waals surface area (Å²) in [7, 11) is 0. The van der Waals surface area contributed by atoms with Crippen molar-refractivity contribution in [3.05, 3.63) is 0 Å². The van der Waals surface area contributed by atoms with Gasteiger partial charge in [-0.3, -0.25) is 4.79 Å². The summed E-state index contributed by atoms with van der Waals surface area (Å²) in [6, 6.07) is 0. The van der Waals surface area contributed by atoms with Gasteiger partial charge in [0.2, 0.25) is 5.91 Å². The third kappa shape index (κ3) is 2.44. The van der Waals surface area contributed by atoms with Crippen LogP contribution in [0.25, 0.3) is 0 Å². The van der Waals surface area contributed by atoms with Crippen molar-refractivity contribution in [1.82, 2.24) is 5.32 Å². The Hall–Kier alpha value is -1.10. The van der Waals surface area contributed by atoms with Gasteiger partial charge in [0.05, 0.1) is 0 Å². The van der Waals surface area contributed by atoms with Crippen LogP contribution in [0.15, 0.2) is 0 Å². The molecule has 1 saturated heterocycles. The molecule has 5 heteroatoms. The summed E-state index contributed by atoms with van der Waals surface area (Å²) in [5.41, 5.74) is -0.0538. The van der Waals surface area contributed by atoms with E-state index >= 15 is 0 Å². The fourth-order valence-electron chi connectivity index (χ4n) is 2.52. The molecular weight excluding hydrogens is 222 g/mol. The van der Waals surface area contributed by atoms with Crippen LogP contribution in [-0.2, 0) is 14.3 Å². The van der Waals surface area contributed by atoms with E-state index in [9.17, 15) is 9.59 Å². The molecule has 2 N–H and O–H groups in total. The van der Waals surface area contributed by atoms with Crippen molar-refractivity contribution in [2.75, 3.05) is 0 Å². The van der Waals surface area contributed by atoms with Crippen molar-refractivity contribution in [2.45, 2.75) is 63.2 Å². The smallest absolute Gasteiger partial charge is 0.332 e. The minimum Gasteiger partial charge on any atom is -0.479 e. The fraction of sp³-hybridized carbons (Fsp3) is 0.833. The molecular formula is C12H19NO4. The van der Waals surface area contributed by atoms with Gasteiger partial charge in [-0.1, -0.05) is 6.92 Å². The maximum atomic E-state index is 12.0. The maximum Gasteiger partial charge on any atom is 0.332 e. The van der Waals surface area contributed by atoms with Crippen molar-refractivity contribution >= 4 is 11.9 Å². The average molecular weight is 241 g/mol. The van der Waals surface area contributed by atoms with E-state index in [1.807, 2.05) is 0 Å². The van der Waals surface area contributed by atoms with Gasteiger partial charge in [-0.15, -0.1) is 0 Å². The number of nitrogens with one attached hydrogen (secondary N) is 1. The van der Waals surface area contributed by atoms with Crippen LogP contribution in [0.2, 0.25) is 0 Å². The first-order valence-corrected chi connectivity index (χ1v) is 6.26. The Morgan fingerprint density at radius 1 is 1.35 bits per heavy atom. The van der Waals surface area contributed by atoms with E-state index in [1.54, 1.807) is 0 Å². The summed E-state index contributed by atoms with van der Waals surface area (Å²) in [5, 5.41) is 11.8. The molecule has 0 spiro atoms. The van der Waals surface area contributed by atoms with Gasteiger partial charge < -0.3 is 15.2 Å². The summed E-state index contributed by atoms with van der Waals surface area (Å²) in [5.74, 6) is -1.12. The molecule has 0 aromatic heterocycles. The minimum atomic E-state index is -0.978. The molecule has 17 heavy (non-hydrogen) atoms. The molecule has 0 unspecified atom stereocenters. The fourth-order valence-corrected chi connectivity index (χ4v) is 2.52. The van der Waals surface area contributed by atoms with E-state index < -0.39 is 18.2 Å². The van der Waals surface area contributed by atoms with Crippen LogP contribution in [-0.4, -0.2) is 34.7 Å². The van der Waals surface area contributed by atoms with Crippen molar-refractivity contribution in [2.24, 2.45) is 0 Å². The van der Waals surface area contributed by atoms with E-state index in [0.717, 1.165) is 25.7 Å². The molecule has 0 aromatic rings. The lowest BCUT2D eigenvalue weighted by Gasteiger charge is -2.42. The summed E-state index contributed by atoms with van der Waals surface area (Å²) in [6.45, 7) is 2.06. The number of ether oxygens (including phenoxy) is 1. The van der Waals surface area contributed by atoms with Gasteiger partial charge in [0.15, 0.2) is 6.10 Å². The van der Waals surface area contributed by atoms with Crippen molar-refractivity contribution in [3.63, 3.8) is 0 Å². The first kappa shape index (κ1) is 12.4. The maximum absolute atomic E-state index is 12.0. The van der Waals surface area contributed by atoms with Gasteiger partial charge >= 0.3 is 5.97 Å². The van der Waals surface area contributed by atoms with Crippen LogP contribution in [0.4, 0.5) is 0 Å². The summed E-state index contributed by atoms with van der Waals surface area (Å²) in [6.07, 6.45) is 3.64. The second-order valence-corrected chi connectivity index (χ2v) is 5.01. The van der Waals surface area contributed by atoms with E-state index in [0.29, 0.717) is 12.8 Å². The number of carboxylic acid groups (broad SMARTS) is 1. The zero-order valence-corrected chi connectivity index (χ0v) is 10.1. The highest BCUT2D eigenvalue weighted by atomic mass is 16.5. The molecule has 1 aliphatic carbocycles. The van der Waals surface area contributed by atoms with E-state index in [2.05, 4.69) is 12.2 Å². The largest absolute Gasteiger partial charge is 0.479 e. The normalized spacial score (nSPS) is 30.6. The zero-order valence-electron chi connectivity index (χ0n) is 10.1. The molecule has 0 aromatic carbocycles. The molecule has 2 fully saturated rings. The van der Waals surface area contributed by atoms with Gasteiger partial charge in [-0.25, -0.2) is 4.79 Å². The van der Waals surface area contributed by atoms with Crippen LogP contribution in [0.1, 0.15) is 45.4 Å². The minimum absolute atomic E-state index is 0.0538. The predicted molar refractivity (Wildman–Crippen MR) is 60.5 cm³/mol. The Balaban J connectivity index is 1.87. The molecule has 0 bridgehead atoms. The molecule has 96 valence electrons. The summed E-state index contributed by atoms with van der Waals surface area (Å²) in [4.78, 5) is 22.7. The van der Waals surface area contributed by atoms with Crippen LogP contribution in [0.5, 0.6) is 0 Å². The van der Waals surface area contributed by atoms with Crippen LogP contribution in [0.3, 0.4) is 0 Å². The number of carboxylic acids is 1. The Morgan fingerprint density at radius 2 is 2.00 bits per heavy atom. The highest BCUT2D eigenvalue weighted by Gasteiger charge is 2.41. The lowest BCUT2D eigenvalue weighted by Crippen LogP contribution is -2.55. The monoisotopic (exact) mass is 241 g/mol. The van der Waals surface area contributed by atoms with Crippen molar-refractivity contribution < 1.29 is 19.4 Å². The highest BCUT2D eigenvalue weighted by molar-refractivity contribution is 5.83. The summed E-state index contributed by atoms with van der Waals surface area (Å²) < 4.78 is 5.23. The van der Waals surface area contributed by atoms with E-state index in [-0.39, 0.29) is 11.4 Å². The SMILES string of the molecule is CCC1(NC(=O)[C@@H]2CC[C@H](C(=O)O)O2)CCC1. The topological polar surface area (TPSA) is 75.6 Å². The molecule has 2 atom stereocenters. The first-order valence-electron chi connectivity index (χ1n) is 6.26. The van der Waals surface area contributed by atoms with E-state index in [4.69, 9.17) is 9.84 Å². The Bertz CT molecular complexity index is 319. The van der Waals surface area contributed by atoms with E-state index in [1.165, 1.54) is 0 Å². The third-order valence-corrected chi connectivity index (χ3v) is 3.96. The zero-order chi connectivity index (χ0) is 12.5. The predicted octanol–water partition coefficient (Wildman–Crippen LogP) is 1.07. The second kappa shape index (κ2) is 4.64. The van der Waals surface area contributed by atoms with Crippen LogP contribution in [0, 0.1) is 0 Å². The Morgan fingerprint density at radius 3 is 2.41 bits per heavy atom. The number of rotatable bonds is 4. The Kier molecular flexibility index (Phi) is 3.38. The van der Waals surface area contributed by atoms with Crippen LogP contribution < -0.4 is 5.32 Å². The standard InChI is InChI=1S/C12H19NO4/c1-2-12(6-3-7-12)13-10(14)8-4-5-9(17-8)11(15)16/h8-9H,2-7H2,1H3,(H,13,14)(H,15,16)/t8-,9+/m0/s1.